The van der Waals surface area contributed by atoms with Crippen molar-refractivity contribution in [1.29, 1.82) is 0 Å². The SMILES string of the molecule is CC(C)=CCC/C(C)=C/CCC(C)(O)C(O)CC[C@]1(C)CCCC2=C1CC[C@H](C)[C@@]2(C)Cc1cc(OS(=O)(=O)O)ccc1OS(=O)(=O)O. The van der Waals surface area contributed by atoms with Gasteiger partial charge in [-0.1, -0.05) is 55.2 Å². The maximum Gasteiger partial charge on any atom is 0.446 e. The predicted molar refractivity (Wildman–Crippen MR) is 188 cm³/mol. The largest absolute Gasteiger partial charge is 0.446 e. The Labute approximate surface area is 288 Å². The van der Waals surface area contributed by atoms with Gasteiger partial charge in [-0.15, -0.1) is 0 Å². The van der Waals surface area contributed by atoms with Gasteiger partial charge in [-0.25, -0.2) is 0 Å². The molecule has 1 aromatic rings. The molecule has 272 valence electrons. The number of aliphatic hydroxyl groups excluding tert-OH is 1. The molecule has 2 unspecified atom stereocenters. The molecule has 2 aliphatic rings. The third-order valence-electron chi connectivity index (χ3n) is 10.8. The summed E-state index contributed by atoms with van der Waals surface area (Å²) in [7, 11) is -9.71. The van der Waals surface area contributed by atoms with Gasteiger partial charge in [-0.05, 0) is 140 Å². The highest BCUT2D eigenvalue weighted by molar-refractivity contribution is 7.81. The van der Waals surface area contributed by atoms with Crippen LogP contribution < -0.4 is 8.37 Å². The van der Waals surface area contributed by atoms with Crippen molar-refractivity contribution < 1.29 is 44.5 Å². The Morgan fingerprint density at radius 1 is 1.02 bits per heavy atom. The fourth-order valence-electron chi connectivity index (χ4n) is 7.63. The zero-order valence-electron chi connectivity index (χ0n) is 29.6. The highest BCUT2D eigenvalue weighted by Gasteiger charge is 2.46. The topological polar surface area (TPSA) is 168 Å². The second-order valence-electron chi connectivity index (χ2n) is 15.0. The third kappa shape index (κ3) is 11.1. The van der Waals surface area contributed by atoms with E-state index in [2.05, 4.69) is 57.9 Å². The molecule has 0 spiro atoms. The monoisotopic (exact) mass is 712 g/mol. The molecule has 0 aliphatic heterocycles. The van der Waals surface area contributed by atoms with Gasteiger partial charge in [0.05, 0.1) is 11.7 Å². The second kappa shape index (κ2) is 15.8. The minimum atomic E-state index is -4.88. The molecule has 0 saturated heterocycles. The Morgan fingerprint density at radius 3 is 2.31 bits per heavy atom. The lowest BCUT2D eigenvalue weighted by atomic mass is 9.54. The Bertz CT molecular complexity index is 1600. The molecule has 48 heavy (non-hydrogen) atoms. The fraction of sp³-hybridized carbons (Fsp3) is 0.667. The summed E-state index contributed by atoms with van der Waals surface area (Å²) in [5.41, 5.74) is 3.53. The van der Waals surface area contributed by atoms with Crippen LogP contribution in [0.4, 0.5) is 0 Å². The van der Waals surface area contributed by atoms with Crippen LogP contribution in [0.1, 0.15) is 125 Å². The summed E-state index contributed by atoms with van der Waals surface area (Å²) in [6, 6.07) is 3.63. The molecule has 2 aliphatic carbocycles. The van der Waals surface area contributed by atoms with Gasteiger partial charge in [0.15, 0.2) is 0 Å². The van der Waals surface area contributed by atoms with Crippen LogP contribution in [-0.4, -0.2) is 47.9 Å². The molecule has 10 nitrogen and oxygen atoms in total. The van der Waals surface area contributed by atoms with E-state index in [1.165, 1.54) is 34.4 Å². The molecule has 5 atom stereocenters. The zero-order chi connectivity index (χ0) is 36.1. The van der Waals surface area contributed by atoms with Crippen molar-refractivity contribution >= 4 is 20.8 Å². The first-order valence-corrected chi connectivity index (χ1v) is 19.7. The van der Waals surface area contributed by atoms with E-state index in [0.717, 1.165) is 51.0 Å². The molecule has 4 N–H and O–H groups in total. The Kier molecular flexibility index (Phi) is 13.2. The highest BCUT2D eigenvalue weighted by Crippen LogP contribution is 2.58. The lowest BCUT2D eigenvalue weighted by molar-refractivity contribution is -0.0733. The van der Waals surface area contributed by atoms with Crippen molar-refractivity contribution in [2.75, 3.05) is 0 Å². The number of benzene rings is 1. The summed E-state index contributed by atoms with van der Waals surface area (Å²) in [5, 5.41) is 22.4. The molecule has 0 radical (unpaired) electrons. The molecule has 0 fully saturated rings. The van der Waals surface area contributed by atoms with Gasteiger partial charge >= 0.3 is 20.8 Å². The minimum absolute atomic E-state index is 0.160. The first kappa shape index (κ1) is 40.2. The number of hydrogen-bond acceptors (Lipinski definition) is 8. The maximum absolute atomic E-state index is 11.7. The molecule has 0 amide bonds. The van der Waals surface area contributed by atoms with Crippen molar-refractivity contribution in [1.82, 2.24) is 0 Å². The molecule has 0 heterocycles. The number of aliphatic hydroxyl groups is 2. The van der Waals surface area contributed by atoms with Gasteiger partial charge in [0.1, 0.15) is 11.5 Å². The lowest BCUT2D eigenvalue weighted by Gasteiger charge is -2.51. The van der Waals surface area contributed by atoms with Crippen molar-refractivity contribution in [3.63, 3.8) is 0 Å². The minimum Gasteiger partial charge on any atom is -0.390 e. The normalized spacial score (nSPS) is 25.6. The first-order chi connectivity index (χ1) is 22.0. The van der Waals surface area contributed by atoms with Gasteiger partial charge in [-0.3, -0.25) is 9.11 Å². The highest BCUT2D eigenvalue weighted by atomic mass is 32.3. The van der Waals surface area contributed by atoms with Crippen LogP contribution in [0.5, 0.6) is 11.5 Å². The van der Waals surface area contributed by atoms with Crippen LogP contribution in [0.25, 0.3) is 0 Å². The molecule has 0 saturated carbocycles. The van der Waals surface area contributed by atoms with Crippen LogP contribution in [0.3, 0.4) is 0 Å². The van der Waals surface area contributed by atoms with Crippen LogP contribution >= 0.6 is 0 Å². The van der Waals surface area contributed by atoms with Gasteiger partial charge in [-0.2, -0.15) is 16.8 Å². The predicted octanol–water partition coefficient (Wildman–Crippen LogP) is 7.88. The summed E-state index contributed by atoms with van der Waals surface area (Å²) in [5.74, 6) is -0.225. The van der Waals surface area contributed by atoms with Crippen LogP contribution in [0.15, 0.2) is 52.6 Å². The van der Waals surface area contributed by atoms with E-state index in [1.807, 2.05) is 0 Å². The second-order valence-corrected chi connectivity index (χ2v) is 17.1. The summed E-state index contributed by atoms with van der Waals surface area (Å²) in [6.07, 6.45) is 12.4. The van der Waals surface area contributed by atoms with Crippen LogP contribution in [0, 0.1) is 16.7 Å². The average molecular weight is 713 g/mol. The van der Waals surface area contributed by atoms with Gasteiger partial charge in [0, 0.05) is 5.56 Å². The molecule has 0 bridgehead atoms. The molecule has 3 rings (SSSR count). The number of rotatable bonds is 16. The maximum atomic E-state index is 11.7. The Morgan fingerprint density at radius 2 is 1.69 bits per heavy atom. The van der Waals surface area contributed by atoms with Crippen LogP contribution in [-0.2, 0) is 27.2 Å². The van der Waals surface area contributed by atoms with Gasteiger partial charge in [0.2, 0.25) is 0 Å². The van der Waals surface area contributed by atoms with Gasteiger partial charge < -0.3 is 18.6 Å². The van der Waals surface area contributed by atoms with E-state index >= 15 is 0 Å². The van der Waals surface area contributed by atoms with E-state index in [9.17, 15) is 36.2 Å². The Hall–Kier alpha value is -2.22. The van der Waals surface area contributed by atoms with E-state index in [-0.39, 0.29) is 29.3 Å². The molecule has 0 aromatic heterocycles. The van der Waals surface area contributed by atoms with Crippen LogP contribution in [0.2, 0.25) is 0 Å². The first-order valence-electron chi connectivity index (χ1n) is 16.9. The van der Waals surface area contributed by atoms with Gasteiger partial charge in [0.25, 0.3) is 0 Å². The smallest absolute Gasteiger partial charge is 0.390 e. The fourth-order valence-corrected chi connectivity index (χ4v) is 8.37. The molecule has 1 aromatic carbocycles. The van der Waals surface area contributed by atoms with Crippen molar-refractivity contribution in [2.45, 2.75) is 137 Å². The average Bonchev–Trinajstić information content (AvgIpc) is 2.94. The standard InChI is InChI=1S/C36H56O10S2/c1-25(2)11-8-12-26(3)13-9-21-36(7,38)33(37)19-22-34(5)20-10-14-31-30(34)17-15-27(4)35(31,6)24-28-23-29(45-47(39,40)41)16-18-32(28)46-48(42,43)44/h11,13,16,18,23,27,33,37-38H,8-10,12,14-15,17,19-22,24H2,1-7H3,(H,39,40,41)(H,42,43,44)/b26-13+/t27-,33?,34-,35+,36?/m0/s1. The molecular formula is C36H56O10S2. The summed E-state index contributed by atoms with van der Waals surface area (Å²) >= 11 is 0. The summed E-state index contributed by atoms with van der Waals surface area (Å²) in [4.78, 5) is 0. The zero-order valence-corrected chi connectivity index (χ0v) is 31.2. The summed E-state index contributed by atoms with van der Waals surface area (Å²) in [6.45, 7) is 14.5. The van der Waals surface area contributed by atoms with Crippen molar-refractivity contribution in [3.05, 3.63) is 58.2 Å². The van der Waals surface area contributed by atoms with Crippen molar-refractivity contribution in [3.8, 4) is 11.5 Å². The van der Waals surface area contributed by atoms with E-state index in [4.69, 9.17) is 4.18 Å². The lowest BCUT2D eigenvalue weighted by Crippen LogP contribution is -2.42. The summed E-state index contributed by atoms with van der Waals surface area (Å²) < 4.78 is 74.4. The molecular weight excluding hydrogens is 657 g/mol. The van der Waals surface area contributed by atoms with E-state index < -0.39 is 37.9 Å². The van der Waals surface area contributed by atoms with Crippen molar-refractivity contribution in [2.24, 2.45) is 16.7 Å². The molecule has 12 heteroatoms. The number of hydrogen-bond donors (Lipinski definition) is 4. The number of allylic oxidation sites excluding steroid dienone is 6. The third-order valence-corrected chi connectivity index (χ3v) is 11.6. The van der Waals surface area contributed by atoms with E-state index in [1.54, 1.807) is 6.92 Å². The quantitative estimate of drug-likeness (QED) is 0.0978. The van der Waals surface area contributed by atoms with E-state index in [0.29, 0.717) is 31.2 Å². The Balaban J connectivity index is 1.84.